The first-order valence-corrected chi connectivity index (χ1v) is 5.44. The molecule has 1 heterocycles. The third-order valence-electron chi connectivity index (χ3n) is 2.19. The molecule has 2 rings (SSSR count). The topological polar surface area (TPSA) is 38.9 Å². The molecule has 1 atom stereocenters. The third-order valence-corrected chi connectivity index (χ3v) is 3.08. The Labute approximate surface area is 87.4 Å². The second-order valence-electron chi connectivity index (χ2n) is 3.07. The van der Waals surface area contributed by atoms with Crippen molar-refractivity contribution in [2.24, 2.45) is 5.73 Å². The molecule has 0 saturated heterocycles. The fourth-order valence-electron chi connectivity index (χ4n) is 1.47. The average Bonchev–Trinajstić information content (AvgIpc) is 2.74. The number of nitrogens with zero attached hydrogens (tertiary/aromatic N) is 1. The molecule has 0 saturated carbocycles. The van der Waals surface area contributed by atoms with Crippen LogP contribution in [-0.2, 0) is 0 Å². The minimum absolute atomic E-state index is 0.246. The van der Waals surface area contributed by atoms with Crippen molar-refractivity contribution in [3.05, 3.63) is 52.5 Å². The summed E-state index contributed by atoms with van der Waals surface area (Å²) in [4.78, 5) is 4.30. The molecule has 0 amide bonds. The number of rotatable bonds is 3. The van der Waals surface area contributed by atoms with Crippen LogP contribution in [0.4, 0.5) is 0 Å². The van der Waals surface area contributed by atoms with Crippen LogP contribution in [0.25, 0.3) is 0 Å². The fraction of sp³-hybridized carbons (Fsp3) is 0.182. The molecule has 0 aliphatic heterocycles. The summed E-state index contributed by atoms with van der Waals surface area (Å²) in [5.74, 6) is 0.246. The molecule has 0 radical (unpaired) electrons. The van der Waals surface area contributed by atoms with Gasteiger partial charge in [-0.2, -0.15) is 0 Å². The van der Waals surface area contributed by atoms with E-state index in [1.807, 2.05) is 29.8 Å². The molecule has 0 fully saturated rings. The lowest BCUT2D eigenvalue weighted by atomic mass is 10.0. The van der Waals surface area contributed by atoms with E-state index in [1.54, 1.807) is 11.3 Å². The number of benzene rings is 1. The second kappa shape index (κ2) is 4.35. The van der Waals surface area contributed by atoms with E-state index in [2.05, 4.69) is 17.1 Å². The van der Waals surface area contributed by atoms with Gasteiger partial charge in [-0.1, -0.05) is 30.3 Å². The van der Waals surface area contributed by atoms with Crippen LogP contribution in [0.5, 0.6) is 0 Å². The smallest absolute Gasteiger partial charge is 0.101 e. The zero-order valence-electron chi connectivity index (χ0n) is 7.76. The predicted molar refractivity (Wildman–Crippen MR) is 59.5 cm³/mol. The van der Waals surface area contributed by atoms with Crippen LogP contribution in [0.15, 0.2) is 41.9 Å². The zero-order chi connectivity index (χ0) is 9.80. The normalized spacial score (nSPS) is 12.6. The summed E-state index contributed by atoms with van der Waals surface area (Å²) in [6, 6.07) is 10.3. The minimum Gasteiger partial charge on any atom is -0.329 e. The Morgan fingerprint density at radius 3 is 2.64 bits per heavy atom. The van der Waals surface area contributed by atoms with E-state index in [0.29, 0.717) is 6.54 Å². The summed E-state index contributed by atoms with van der Waals surface area (Å²) < 4.78 is 0. The van der Waals surface area contributed by atoms with Gasteiger partial charge in [-0.25, -0.2) is 4.98 Å². The van der Waals surface area contributed by atoms with Gasteiger partial charge in [0.25, 0.3) is 0 Å². The maximum absolute atomic E-state index is 5.76. The van der Waals surface area contributed by atoms with Gasteiger partial charge < -0.3 is 5.73 Å². The van der Waals surface area contributed by atoms with E-state index >= 15 is 0 Å². The Morgan fingerprint density at radius 2 is 2.07 bits per heavy atom. The fourth-order valence-corrected chi connectivity index (χ4v) is 2.25. The number of aromatic nitrogens is 1. The maximum atomic E-state index is 5.76. The number of nitrogens with two attached hydrogens (primary N) is 1. The largest absolute Gasteiger partial charge is 0.329 e. The van der Waals surface area contributed by atoms with Gasteiger partial charge in [0, 0.05) is 24.0 Å². The minimum atomic E-state index is 0.246. The summed E-state index contributed by atoms with van der Waals surface area (Å²) in [6.45, 7) is 0.609. The summed E-state index contributed by atoms with van der Waals surface area (Å²) in [7, 11) is 0. The van der Waals surface area contributed by atoms with Crippen LogP contribution in [-0.4, -0.2) is 11.5 Å². The molecule has 2 N–H and O–H groups in total. The van der Waals surface area contributed by atoms with Crippen molar-refractivity contribution in [3.8, 4) is 0 Å². The highest BCUT2D eigenvalue weighted by atomic mass is 32.1. The van der Waals surface area contributed by atoms with Crippen molar-refractivity contribution in [3.63, 3.8) is 0 Å². The van der Waals surface area contributed by atoms with Crippen LogP contribution in [0.2, 0.25) is 0 Å². The van der Waals surface area contributed by atoms with Crippen LogP contribution in [0.3, 0.4) is 0 Å². The molecule has 14 heavy (non-hydrogen) atoms. The first-order chi connectivity index (χ1) is 6.92. The second-order valence-corrected chi connectivity index (χ2v) is 4.00. The summed E-state index contributed by atoms with van der Waals surface area (Å²) in [5.41, 5.74) is 7.00. The molecule has 72 valence electrons. The van der Waals surface area contributed by atoms with Gasteiger partial charge in [-0.3, -0.25) is 0 Å². The van der Waals surface area contributed by atoms with E-state index in [0.717, 1.165) is 5.01 Å². The molecule has 0 aliphatic carbocycles. The first-order valence-electron chi connectivity index (χ1n) is 4.56. The van der Waals surface area contributed by atoms with Crippen molar-refractivity contribution in [2.45, 2.75) is 5.92 Å². The van der Waals surface area contributed by atoms with Gasteiger partial charge in [0.05, 0.1) is 0 Å². The number of thiazole rings is 1. The van der Waals surface area contributed by atoms with Crippen molar-refractivity contribution in [2.75, 3.05) is 6.54 Å². The highest BCUT2D eigenvalue weighted by Gasteiger charge is 2.13. The number of hydrogen-bond donors (Lipinski definition) is 1. The van der Waals surface area contributed by atoms with Crippen LogP contribution >= 0.6 is 11.3 Å². The van der Waals surface area contributed by atoms with Crippen LogP contribution < -0.4 is 5.73 Å². The number of hydrogen-bond acceptors (Lipinski definition) is 3. The van der Waals surface area contributed by atoms with E-state index in [-0.39, 0.29) is 5.92 Å². The Hall–Kier alpha value is -1.19. The van der Waals surface area contributed by atoms with E-state index in [1.165, 1.54) is 5.56 Å². The Morgan fingerprint density at radius 1 is 1.29 bits per heavy atom. The van der Waals surface area contributed by atoms with Crippen molar-refractivity contribution < 1.29 is 0 Å². The molecular formula is C11H12N2S. The van der Waals surface area contributed by atoms with Crippen molar-refractivity contribution in [1.29, 1.82) is 0 Å². The molecule has 3 heteroatoms. The predicted octanol–water partition coefficient (Wildman–Crippen LogP) is 2.23. The van der Waals surface area contributed by atoms with Gasteiger partial charge >= 0.3 is 0 Å². The molecule has 0 spiro atoms. The van der Waals surface area contributed by atoms with Crippen LogP contribution in [0.1, 0.15) is 16.5 Å². The average molecular weight is 204 g/mol. The van der Waals surface area contributed by atoms with E-state index in [9.17, 15) is 0 Å². The standard InChI is InChI=1S/C11H12N2S/c12-8-10(11-13-6-7-14-11)9-4-2-1-3-5-9/h1-7,10H,8,12H2. The van der Waals surface area contributed by atoms with Crippen molar-refractivity contribution in [1.82, 2.24) is 4.98 Å². The molecule has 0 bridgehead atoms. The van der Waals surface area contributed by atoms with E-state index in [4.69, 9.17) is 5.73 Å². The third kappa shape index (κ3) is 1.84. The molecular weight excluding hydrogens is 192 g/mol. The van der Waals surface area contributed by atoms with Crippen molar-refractivity contribution >= 4 is 11.3 Å². The monoisotopic (exact) mass is 204 g/mol. The lowest BCUT2D eigenvalue weighted by Gasteiger charge is -2.11. The van der Waals surface area contributed by atoms with Gasteiger partial charge in [-0.15, -0.1) is 11.3 Å². The SMILES string of the molecule is NCC(c1ccccc1)c1nccs1. The summed E-state index contributed by atoms with van der Waals surface area (Å²) in [5, 5.41) is 3.08. The molecule has 1 aromatic heterocycles. The molecule has 1 unspecified atom stereocenters. The van der Waals surface area contributed by atoms with E-state index < -0.39 is 0 Å². The highest BCUT2D eigenvalue weighted by molar-refractivity contribution is 7.09. The Bertz CT molecular complexity index is 369. The Balaban J connectivity index is 2.31. The highest BCUT2D eigenvalue weighted by Crippen LogP contribution is 2.24. The zero-order valence-corrected chi connectivity index (χ0v) is 8.58. The van der Waals surface area contributed by atoms with Gasteiger partial charge in [0.1, 0.15) is 5.01 Å². The van der Waals surface area contributed by atoms with Gasteiger partial charge in [-0.05, 0) is 5.56 Å². The molecule has 2 nitrogen and oxygen atoms in total. The quantitative estimate of drug-likeness (QED) is 0.832. The van der Waals surface area contributed by atoms with Gasteiger partial charge in [0.15, 0.2) is 0 Å². The molecule has 2 aromatic rings. The summed E-state index contributed by atoms with van der Waals surface area (Å²) >= 11 is 1.66. The summed E-state index contributed by atoms with van der Waals surface area (Å²) in [6.07, 6.45) is 1.82. The first kappa shape index (κ1) is 9.37. The Kier molecular flexibility index (Phi) is 2.91. The molecule has 1 aromatic carbocycles. The lowest BCUT2D eigenvalue weighted by Crippen LogP contribution is -2.13. The molecule has 0 aliphatic rings. The maximum Gasteiger partial charge on any atom is 0.101 e. The lowest BCUT2D eigenvalue weighted by molar-refractivity contribution is 0.809. The van der Waals surface area contributed by atoms with Crippen LogP contribution in [0, 0.1) is 0 Å². The van der Waals surface area contributed by atoms with Gasteiger partial charge in [0.2, 0.25) is 0 Å².